The van der Waals surface area contributed by atoms with Crippen LogP contribution in [0, 0.1) is 0 Å². The molecule has 0 fully saturated rings. The van der Waals surface area contributed by atoms with Crippen molar-refractivity contribution in [1.82, 2.24) is 14.8 Å². The van der Waals surface area contributed by atoms with Crippen LogP contribution in [-0.4, -0.2) is 14.8 Å². The van der Waals surface area contributed by atoms with Gasteiger partial charge in [-0.05, 0) is 25.1 Å². The Bertz CT molecular complexity index is 530. The Morgan fingerprint density at radius 1 is 1.44 bits per heavy atom. The Hall–Kier alpha value is -1.07. The standard InChI is InChI=1S/C12H13BrClN3O/c1-2-17-12(15-8-16-17)7-18-11-4-3-10(13)5-9(11)6-14/h3-5,8H,2,6-7H2,1H3. The molecule has 0 saturated carbocycles. The van der Waals surface area contributed by atoms with Crippen molar-refractivity contribution in [2.24, 2.45) is 0 Å². The van der Waals surface area contributed by atoms with E-state index in [9.17, 15) is 0 Å². The molecule has 6 heteroatoms. The number of aromatic nitrogens is 3. The van der Waals surface area contributed by atoms with Crippen LogP contribution in [0.2, 0.25) is 0 Å². The van der Waals surface area contributed by atoms with Gasteiger partial charge >= 0.3 is 0 Å². The fourth-order valence-corrected chi connectivity index (χ4v) is 2.22. The zero-order valence-electron chi connectivity index (χ0n) is 9.94. The van der Waals surface area contributed by atoms with Gasteiger partial charge in [-0.2, -0.15) is 5.10 Å². The van der Waals surface area contributed by atoms with Crippen molar-refractivity contribution in [2.75, 3.05) is 0 Å². The zero-order valence-corrected chi connectivity index (χ0v) is 12.3. The van der Waals surface area contributed by atoms with Gasteiger partial charge in [-0.25, -0.2) is 9.67 Å². The van der Waals surface area contributed by atoms with Gasteiger partial charge in [0, 0.05) is 16.6 Å². The van der Waals surface area contributed by atoms with E-state index in [2.05, 4.69) is 26.0 Å². The molecule has 0 spiro atoms. The van der Waals surface area contributed by atoms with Crippen molar-refractivity contribution in [3.8, 4) is 5.75 Å². The summed E-state index contributed by atoms with van der Waals surface area (Å²) < 4.78 is 8.53. The Morgan fingerprint density at radius 2 is 2.28 bits per heavy atom. The smallest absolute Gasteiger partial charge is 0.164 e. The second-order valence-electron chi connectivity index (χ2n) is 3.67. The van der Waals surface area contributed by atoms with E-state index >= 15 is 0 Å². The van der Waals surface area contributed by atoms with Crippen molar-refractivity contribution in [3.63, 3.8) is 0 Å². The van der Waals surface area contributed by atoms with E-state index in [4.69, 9.17) is 16.3 Å². The van der Waals surface area contributed by atoms with Crippen LogP contribution in [0.1, 0.15) is 18.3 Å². The van der Waals surface area contributed by atoms with E-state index in [0.717, 1.165) is 28.2 Å². The summed E-state index contributed by atoms with van der Waals surface area (Å²) in [6, 6.07) is 5.78. The van der Waals surface area contributed by atoms with Crippen LogP contribution in [0.4, 0.5) is 0 Å². The van der Waals surface area contributed by atoms with Crippen molar-refractivity contribution in [3.05, 3.63) is 40.4 Å². The number of halogens is 2. The third kappa shape index (κ3) is 3.03. The summed E-state index contributed by atoms with van der Waals surface area (Å²) in [4.78, 5) is 4.16. The van der Waals surface area contributed by atoms with E-state index < -0.39 is 0 Å². The maximum atomic E-state index is 5.89. The number of hydrogen-bond acceptors (Lipinski definition) is 3. The van der Waals surface area contributed by atoms with Gasteiger partial charge in [0.25, 0.3) is 0 Å². The molecule has 0 aliphatic heterocycles. The van der Waals surface area contributed by atoms with Crippen LogP contribution in [-0.2, 0) is 19.0 Å². The van der Waals surface area contributed by atoms with Crippen molar-refractivity contribution in [2.45, 2.75) is 26.0 Å². The number of rotatable bonds is 5. The Balaban J connectivity index is 2.10. The minimum absolute atomic E-state index is 0.388. The summed E-state index contributed by atoms with van der Waals surface area (Å²) in [6.45, 7) is 3.18. The van der Waals surface area contributed by atoms with E-state index in [1.165, 1.54) is 6.33 Å². The van der Waals surface area contributed by atoms with E-state index in [0.29, 0.717) is 12.5 Å². The lowest BCUT2D eigenvalue weighted by molar-refractivity contribution is 0.285. The predicted molar refractivity (Wildman–Crippen MR) is 73.7 cm³/mol. The summed E-state index contributed by atoms with van der Waals surface area (Å²) >= 11 is 9.30. The largest absolute Gasteiger partial charge is 0.485 e. The van der Waals surface area contributed by atoms with Gasteiger partial charge in [-0.3, -0.25) is 0 Å². The second-order valence-corrected chi connectivity index (χ2v) is 4.85. The first kappa shape index (κ1) is 13.4. The molecule has 0 aliphatic carbocycles. The topological polar surface area (TPSA) is 39.9 Å². The molecule has 4 nitrogen and oxygen atoms in total. The molecule has 0 unspecified atom stereocenters. The molecule has 1 aromatic heterocycles. The van der Waals surface area contributed by atoms with Gasteiger partial charge in [0.05, 0.1) is 5.88 Å². The van der Waals surface area contributed by atoms with Crippen LogP contribution >= 0.6 is 27.5 Å². The number of benzene rings is 1. The van der Waals surface area contributed by atoms with Gasteiger partial charge in [0.15, 0.2) is 5.82 Å². The number of aryl methyl sites for hydroxylation is 1. The Kier molecular flexibility index (Phi) is 4.60. The van der Waals surface area contributed by atoms with E-state index in [-0.39, 0.29) is 0 Å². The summed E-state index contributed by atoms with van der Waals surface area (Å²) in [5.41, 5.74) is 0.952. The minimum Gasteiger partial charge on any atom is -0.485 e. The first-order valence-corrected chi connectivity index (χ1v) is 6.91. The predicted octanol–water partition coefficient (Wildman–Crippen LogP) is 3.38. The van der Waals surface area contributed by atoms with Crippen LogP contribution < -0.4 is 4.74 Å². The normalized spacial score (nSPS) is 10.6. The highest BCUT2D eigenvalue weighted by atomic mass is 79.9. The van der Waals surface area contributed by atoms with Gasteiger partial charge in [0.2, 0.25) is 0 Å². The lowest BCUT2D eigenvalue weighted by atomic mass is 10.2. The molecule has 1 aromatic carbocycles. The highest BCUT2D eigenvalue weighted by molar-refractivity contribution is 9.10. The minimum atomic E-state index is 0.388. The molecular weight excluding hydrogens is 318 g/mol. The molecule has 0 N–H and O–H groups in total. The quantitative estimate of drug-likeness (QED) is 0.789. The van der Waals surface area contributed by atoms with Crippen molar-refractivity contribution in [1.29, 1.82) is 0 Å². The summed E-state index contributed by atoms with van der Waals surface area (Å²) in [5.74, 6) is 2.00. The fourth-order valence-electron chi connectivity index (χ4n) is 1.60. The number of hydrogen-bond donors (Lipinski definition) is 0. The van der Waals surface area contributed by atoms with E-state index in [1.54, 1.807) is 4.68 Å². The third-order valence-electron chi connectivity index (χ3n) is 2.52. The summed E-state index contributed by atoms with van der Waals surface area (Å²) in [7, 11) is 0. The maximum absolute atomic E-state index is 5.89. The van der Waals surface area contributed by atoms with Gasteiger partial charge in [0.1, 0.15) is 18.7 Å². The lowest BCUT2D eigenvalue weighted by Gasteiger charge is -2.10. The van der Waals surface area contributed by atoms with Crippen molar-refractivity contribution >= 4 is 27.5 Å². The van der Waals surface area contributed by atoms with Crippen LogP contribution in [0.3, 0.4) is 0 Å². The van der Waals surface area contributed by atoms with Gasteiger partial charge in [-0.15, -0.1) is 11.6 Å². The molecule has 0 aliphatic rings. The number of ether oxygens (including phenoxy) is 1. The number of nitrogens with zero attached hydrogens (tertiary/aromatic N) is 3. The Labute approximate surface area is 119 Å². The average Bonchev–Trinajstić information content (AvgIpc) is 2.84. The molecule has 2 rings (SSSR count). The molecule has 0 radical (unpaired) electrons. The third-order valence-corrected chi connectivity index (χ3v) is 3.30. The molecule has 96 valence electrons. The van der Waals surface area contributed by atoms with Gasteiger partial charge < -0.3 is 4.74 Å². The lowest BCUT2D eigenvalue weighted by Crippen LogP contribution is -2.07. The Morgan fingerprint density at radius 3 is 3.00 bits per heavy atom. The molecule has 0 amide bonds. The number of alkyl halides is 1. The van der Waals surface area contributed by atoms with Gasteiger partial charge in [-0.1, -0.05) is 15.9 Å². The highest BCUT2D eigenvalue weighted by Crippen LogP contribution is 2.25. The molecule has 1 heterocycles. The molecule has 2 aromatic rings. The maximum Gasteiger partial charge on any atom is 0.164 e. The highest BCUT2D eigenvalue weighted by Gasteiger charge is 2.07. The van der Waals surface area contributed by atoms with E-state index in [1.807, 2.05) is 25.1 Å². The monoisotopic (exact) mass is 329 g/mol. The first-order valence-electron chi connectivity index (χ1n) is 5.58. The van der Waals surface area contributed by atoms with Crippen LogP contribution in [0.15, 0.2) is 29.0 Å². The zero-order chi connectivity index (χ0) is 13.0. The van der Waals surface area contributed by atoms with Crippen LogP contribution in [0.5, 0.6) is 5.75 Å². The SMILES string of the molecule is CCn1ncnc1COc1ccc(Br)cc1CCl. The molecular formula is C12H13BrClN3O. The molecule has 0 atom stereocenters. The molecule has 0 bridgehead atoms. The molecule has 0 saturated heterocycles. The summed E-state index contributed by atoms with van der Waals surface area (Å²) in [6.07, 6.45) is 1.53. The fraction of sp³-hybridized carbons (Fsp3) is 0.333. The second kappa shape index (κ2) is 6.20. The van der Waals surface area contributed by atoms with Crippen molar-refractivity contribution < 1.29 is 4.74 Å². The molecule has 18 heavy (non-hydrogen) atoms. The summed E-state index contributed by atoms with van der Waals surface area (Å²) in [5, 5.41) is 4.10. The van der Waals surface area contributed by atoms with Crippen LogP contribution in [0.25, 0.3) is 0 Å². The first-order chi connectivity index (χ1) is 8.74. The average molecular weight is 331 g/mol.